The number of aryl methyl sites for hydroxylation is 2. The molecule has 1 heterocycles. The Morgan fingerprint density at radius 3 is 2.46 bits per heavy atom. The lowest BCUT2D eigenvalue weighted by atomic mass is 10.1. The topological polar surface area (TPSA) is 41.6 Å². The van der Waals surface area contributed by atoms with Crippen LogP contribution in [-0.4, -0.2) is 30.0 Å². The fourth-order valence-electron chi connectivity index (χ4n) is 3.64. The maximum atomic E-state index is 12.7. The van der Waals surface area contributed by atoms with Crippen molar-refractivity contribution in [3.05, 3.63) is 64.7 Å². The molecule has 150 valence electrons. The van der Waals surface area contributed by atoms with Gasteiger partial charge >= 0.3 is 0 Å². The van der Waals surface area contributed by atoms with Gasteiger partial charge in [-0.3, -0.25) is 9.69 Å². The number of carbonyl (C=O) groups is 1. The number of benzene rings is 2. The van der Waals surface area contributed by atoms with Crippen LogP contribution in [0, 0.1) is 13.8 Å². The van der Waals surface area contributed by atoms with Crippen molar-refractivity contribution in [2.45, 2.75) is 59.2 Å². The van der Waals surface area contributed by atoms with Crippen molar-refractivity contribution in [3.63, 3.8) is 0 Å². The van der Waals surface area contributed by atoms with Gasteiger partial charge in [0.2, 0.25) is 0 Å². The molecule has 1 N–H and O–H groups in total. The highest BCUT2D eigenvalue weighted by Crippen LogP contribution is 2.19. The van der Waals surface area contributed by atoms with Gasteiger partial charge in [-0.25, -0.2) is 0 Å². The SMILES string of the molecule is CC[C@H](Oc1ccc(C)c(C)c1)C(=O)NCc1ccccc1CN1CCCC1. The Hall–Kier alpha value is -2.33. The van der Waals surface area contributed by atoms with Crippen molar-refractivity contribution in [2.24, 2.45) is 0 Å². The van der Waals surface area contributed by atoms with E-state index in [2.05, 4.69) is 42.3 Å². The van der Waals surface area contributed by atoms with E-state index in [9.17, 15) is 4.79 Å². The molecule has 0 spiro atoms. The minimum Gasteiger partial charge on any atom is -0.481 e. The summed E-state index contributed by atoms with van der Waals surface area (Å²) < 4.78 is 5.97. The molecule has 0 aromatic heterocycles. The molecule has 1 aliphatic heterocycles. The molecule has 1 aliphatic rings. The Morgan fingerprint density at radius 1 is 1.07 bits per heavy atom. The second-order valence-corrected chi connectivity index (χ2v) is 7.73. The number of nitrogens with zero attached hydrogens (tertiary/aromatic N) is 1. The molecular formula is C24H32N2O2. The first-order valence-electron chi connectivity index (χ1n) is 10.4. The molecule has 1 saturated heterocycles. The van der Waals surface area contributed by atoms with E-state index in [1.54, 1.807) is 0 Å². The highest BCUT2D eigenvalue weighted by Gasteiger charge is 2.19. The predicted molar refractivity (Wildman–Crippen MR) is 113 cm³/mol. The van der Waals surface area contributed by atoms with Crippen LogP contribution >= 0.6 is 0 Å². The largest absolute Gasteiger partial charge is 0.481 e. The highest BCUT2D eigenvalue weighted by molar-refractivity contribution is 5.81. The molecule has 0 bridgehead atoms. The van der Waals surface area contributed by atoms with Gasteiger partial charge in [0.05, 0.1) is 0 Å². The lowest BCUT2D eigenvalue weighted by Gasteiger charge is -2.20. The first-order valence-corrected chi connectivity index (χ1v) is 10.4. The van der Waals surface area contributed by atoms with Crippen LogP contribution in [0.1, 0.15) is 48.4 Å². The Morgan fingerprint density at radius 2 is 1.79 bits per heavy atom. The van der Waals surface area contributed by atoms with E-state index in [0.29, 0.717) is 13.0 Å². The van der Waals surface area contributed by atoms with Crippen molar-refractivity contribution >= 4 is 5.91 Å². The second-order valence-electron chi connectivity index (χ2n) is 7.73. The fourth-order valence-corrected chi connectivity index (χ4v) is 3.64. The molecule has 1 fully saturated rings. The molecule has 2 aromatic carbocycles. The normalized spacial score (nSPS) is 15.4. The van der Waals surface area contributed by atoms with Gasteiger partial charge in [0.1, 0.15) is 5.75 Å². The van der Waals surface area contributed by atoms with E-state index in [0.717, 1.165) is 12.3 Å². The number of nitrogens with one attached hydrogen (secondary N) is 1. The molecule has 1 atom stereocenters. The first-order chi connectivity index (χ1) is 13.6. The van der Waals surface area contributed by atoms with Crippen LogP contribution in [0.15, 0.2) is 42.5 Å². The van der Waals surface area contributed by atoms with Gasteiger partial charge in [-0.15, -0.1) is 0 Å². The molecule has 4 heteroatoms. The van der Waals surface area contributed by atoms with E-state index in [4.69, 9.17) is 4.74 Å². The van der Waals surface area contributed by atoms with Crippen LogP contribution < -0.4 is 10.1 Å². The molecule has 0 unspecified atom stereocenters. The van der Waals surface area contributed by atoms with Crippen LogP contribution in [0.4, 0.5) is 0 Å². The third-order valence-electron chi connectivity index (χ3n) is 5.58. The molecule has 2 aromatic rings. The van der Waals surface area contributed by atoms with Crippen molar-refractivity contribution in [2.75, 3.05) is 13.1 Å². The molecule has 4 nitrogen and oxygen atoms in total. The average Bonchev–Trinajstić information content (AvgIpc) is 3.21. The third-order valence-corrected chi connectivity index (χ3v) is 5.58. The summed E-state index contributed by atoms with van der Waals surface area (Å²) in [6.45, 7) is 9.94. The number of hydrogen-bond acceptors (Lipinski definition) is 3. The minimum atomic E-state index is -0.479. The molecule has 0 radical (unpaired) electrons. The van der Waals surface area contributed by atoms with E-state index >= 15 is 0 Å². The number of ether oxygens (including phenoxy) is 1. The summed E-state index contributed by atoms with van der Waals surface area (Å²) in [7, 11) is 0. The van der Waals surface area contributed by atoms with Gasteiger partial charge in [0.15, 0.2) is 6.10 Å². The Balaban J connectivity index is 1.59. The average molecular weight is 381 g/mol. The van der Waals surface area contributed by atoms with Crippen LogP contribution in [0.2, 0.25) is 0 Å². The van der Waals surface area contributed by atoms with Crippen molar-refractivity contribution in [3.8, 4) is 5.75 Å². The zero-order valence-corrected chi connectivity index (χ0v) is 17.3. The summed E-state index contributed by atoms with van der Waals surface area (Å²) in [5.41, 5.74) is 4.87. The molecule has 0 aliphatic carbocycles. The van der Waals surface area contributed by atoms with Gasteiger partial charge in [-0.2, -0.15) is 0 Å². The standard InChI is InChI=1S/C24H32N2O2/c1-4-23(28-22-12-11-18(2)19(3)15-22)24(27)25-16-20-9-5-6-10-21(20)17-26-13-7-8-14-26/h5-6,9-12,15,23H,4,7-8,13-14,16-17H2,1-3H3,(H,25,27)/t23-/m0/s1. The van der Waals surface area contributed by atoms with Crippen LogP contribution in [0.5, 0.6) is 5.75 Å². The summed E-state index contributed by atoms with van der Waals surface area (Å²) in [6.07, 6.45) is 2.72. The Bertz CT molecular complexity index is 797. The van der Waals surface area contributed by atoms with Crippen molar-refractivity contribution < 1.29 is 9.53 Å². The number of amides is 1. The maximum absolute atomic E-state index is 12.7. The highest BCUT2D eigenvalue weighted by atomic mass is 16.5. The van der Waals surface area contributed by atoms with E-state index in [-0.39, 0.29) is 5.91 Å². The molecule has 28 heavy (non-hydrogen) atoms. The van der Waals surface area contributed by atoms with E-state index < -0.39 is 6.10 Å². The molecule has 0 saturated carbocycles. The monoisotopic (exact) mass is 380 g/mol. The summed E-state index contributed by atoms with van der Waals surface area (Å²) in [5, 5.41) is 3.08. The Kier molecular flexibility index (Phi) is 7.10. The predicted octanol–water partition coefficient (Wildman–Crippen LogP) is 4.37. The number of carbonyl (C=O) groups excluding carboxylic acids is 1. The maximum Gasteiger partial charge on any atom is 0.261 e. The first kappa shape index (κ1) is 20.4. The summed E-state index contributed by atoms with van der Waals surface area (Å²) >= 11 is 0. The fraction of sp³-hybridized carbons (Fsp3) is 0.458. The van der Waals surface area contributed by atoms with E-state index in [1.807, 2.05) is 31.2 Å². The zero-order valence-electron chi connectivity index (χ0n) is 17.3. The van der Waals surface area contributed by atoms with Gasteiger partial charge in [0.25, 0.3) is 5.91 Å². The quantitative estimate of drug-likeness (QED) is 0.739. The van der Waals surface area contributed by atoms with Gasteiger partial charge in [0, 0.05) is 13.1 Å². The minimum absolute atomic E-state index is 0.0586. The lowest BCUT2D eigenvalue weighted by molar-refractivity contribution is -0.128. The van der Waals surface area contributed by atoms with E-state index in [1.165, 1.54) is 48.2 Å². The van der Waals surface area contributed by atoms with Crippen molar-refractivity contribution in [1.82, 2.24) is 10.2 Å². The molecular weight excluding hydrogens is 348 g/mol. The van der Waals surface area contributed by atoms with Gasteiger partial charge < -0.3 is 10.1 Å². The Labute approximate surface area is 168 Å². The lowest BCUT2D eigenvalue weighted by Crippen LogP contribution is -2.37. The number of rotatable bonds is 8. The molecule has 1 amide bonds. The van der Waals surface area contributed by atoms with Gasteiger partial charge in [-0.1, -0.05) is 37.3 Å². The zero-order chi connectivity index (χ0) is 19.9. The van der Waals surface area contributed by atoms with Crippen LogP contribution in [0.25, 0.3) is 0 Å². The summed E-state index contributed by atoms with van der Waals surface area (Å²) in [4.78, 5) is 15.2. The van der Waals surface area contributed by atoms with Crippen LogP contribution in [0.3, 0.4) is 0 Å². The van der Waals surface area contributed by atoms with Crippen molar-refractivity contribution in [1.29, 1.82) is 0 Å². The number of hydrogen-bond donors (Lipinski definition) is 1. The second kappa shape index (κ2) is 9.74. The van der Waals surface area contributed by atoms with Gasteiger partial charge in [-0.05, 0) is 80.6 Å². The smallest absolute Gasteiger partial charge is 0.261 e. The summed E-state index contributed by atoms with van der Waals surface area (Å²) in [5.74, 6) is 0.691. The number of likely N-dealkylation sites (tertiary alicyclic amines) is 1. The third kappa shape index (κ3) is 5.35. The molecule has 3 rings (SSSR count). The summed E-state index contributed by atoms with van der Waals surface area (Å²) in [6, 6.07) is 14.4. The van der Waals surface area contributed by atoms with Crippen LogP contribution in [-0.2, 0) is 17.9 Å².